The van der Waals surface area contributed by atoms with Crippen LogP contribution < -0.4 is 11.3 Å². The summed E-state index contributed by atoms with van der Waals surface area (Å²) < 4.78 is 14.8. The van der Waals surface area contributed by atoms with Crippen molar-refractivity contribution in [3.8, 4) is 0 Å². The van der Waals surface area contributed by atoms with Crippen LogP contribution in [0.25, 0.3) is 0 Å². The molecular weight excluding hydrogens is 295 g/mol. The normalized spacial score (nSPS) is 12.4. The standard InChI is InChI=1S/C14H14BrFN2/c1-9-5-4-7-11(13(9)15)14(18-17)10-6-2-3-8-12(10)16/h2-8,14,18H,17H2,1H3. The van der Waals surface area contributed by atoms with Gasteiger partial charge in [-0.05, 0) is 24.1 Å². The highest BCUT2D eigenvalue weighted by molar-refractivity contribution is 9.10. The Morgan fingerprint density at radius 3 is 2.44 bits per heavy atom. The molecule has 0 heterocycles. The number of aryl methyl sites for hydroxylation is 1. The molecule has 94 valence electrons. The summed E-state index contributed by atoms with van der Waals surface area (Å²) in [5.41, 5.74) is 5.21. The highest BCUT2D eigenvalue weighted by Gasteiger charge is 2.18. The number of benzene rings is 2. The minimum Gasteiger partial charge on any atom is -0.271 e. The molecule has 2 aromatic carbocycles. The minimum absolute atomic E-state index is 0.270. The smallest absolute Gasteiger partial charge is 0.128 e. The third-order valence-electron chi connectivity index (χ3n) is 2.92. The van der Waals surface area contributed by atoms with E-state index in [-0.39, 0.29) is 11.9 Å². The van der Waals surface area contributed by atoms with Gasteiger partial charge in [0.25, 0.3) is 0 Å². The van der Waals surface area contributed by atoms with Gasteiger partial charge in [-0.25, -0.2) is 9.82 Å². The molecule has 2 aromatic rings. The van der Waals surface area contributed by atoms with Crippen LogP contribution in [-0.2, 0) is 0 Å². The number of rotatable bonds is 3. The molecule has 1 unspecified atom stereocenters. The van der Waals surface area contributed by atoms with Crippen LogP contribution in [0.5, 0.6) is 0 Å². The van der Waals surface area contributed by atoms with E-state index in [0.717, 1.165) is 15.6 Å². The van der Waals surface area contributed by atoms with E-state index in [0.29, 0.717) is 5.56 Å². The fourth-order valence-electron chi connectivity index (χ4n) is 1.95. The molecule has 0 radical (unpaired) electrons. The van der Waals surface area contributed by atoms with Gasteiger partial charge in [0, 0.05) is 10.0 Å². The lowest BCUT2D eigenvalue weighted by Crippen LogP contribution is -2.29. The predicted octanol–water partition coefficient (Wildman–Crippen LogP) is 3.45. The monoisotopic (exact) mass is 308 g/mol. The Labute approximate surface area is 114 Å². The zero-order valence-corrected chi connectivity index (χ0v) is 11.5. The zero-order valence-electron chi connectivity index (χ0n) is 9.95. The fraction of sp³-hybridized carbons (Fsp3) is 0.143. The summed E-state index contributed by atoms with van der Waals surface area (Å²) in [6.07, 6.45) is 0. The molecule has 2 rings (SSSR count). The Bertz CT molecular complexity index is 557. The lowest BCUT2D eigenvalue weighted by atomic mass is 9.97. The second-order valence-electron chi connectivity index (χ2n) is 4.10. The Kier molecular flexibility index (Phi) is 4.11. The number of hydrogen-bond acceptors (Lipinski definition) is 2. The maximum Gasteiger partial charge on any atom is 0.128 e. The Morgan fingerprint density at radius 2 is 1.78 bits per heavy atom. The van der Waals surface area contributed by atoms with Gasteiger partial charge in [-0.2, -0.15) is 0 Å². The molecule has 0 aliphatic heterocycles. The van der Waals surface area contributed by atoms with Gasteiger partial charge in [-0.15, -0.1) is 0 Å². The summed E-state index contributed by atoms with van der Waals surface area (Å²) in [7, 11) is 0. The second-order valence-corrected chi connectivity index (χ2v) is 4.89. The van der Waals surface area contributed by atoms with Crippen molar-refractivity contribution in [2.45, 2.75) is 13.0 Å². The number of hydrogen-bond donors (Lipinski definition) is 2. The first-order valence-electron chi connectivity index (χ1n) is 5.60. The van der Waals surface area contributed by atoms with E-state index < -0.39 is 0 Å². The Morgan fingerprint density at radius 1 is 1.11 bits per heavy atom. The molecule has 0 aliphatic carbocycles. The molecule has 4 heteroatoms. The first kappa shape index (κ1) is 13.2. The molecule has 3 N–H and O–H groups in total. The van der Waals surface area contributed by atoms with Crippen LogP contribution in [0.1, 0.15) is 22.7 Å². The molecule has 0 saturated heterocycles. The van der Waals surface area contributed by atoms with Crippen LogP contribution in [-0.4, -0.2) is 0 Å². The van der Waals surface area contributed by atoms with Crippen LogP contribution in [0.2, 0.25) is 0 Å². The molecular formula is C14H14BrFN2. The Balaban J connectivity index is 2.53. The van der Waals surface area contributed by atoms with Crippen LogP contribution >= 0.6 is 15.9 Å². The highest BCUT2D eigenvalue weighted by atomic mass is 79.9. The van der Waals surface area contributed by atoms with Gasteiger partial charge in [0.2, 0.25) is 0 Å². The fourth-order valence-corrected chi connectivity index (χ4v) is 2.44. The maximum absolute atomic E-state index is 13.8. The van der Waals surface area contributed by atoms with Crippen molar-refractivity contribution in [2.24, 2.45) is 5.84 Å². The Hall–Kier alpha value is -1.23. The molecule has 0 spiro atoms. The van der Waals surface area contributed by atoms with E-state index in [1.807, 2.05) is 25.1 Å². The summed E-state index contributed by atoms with van der Waals surface area (Å²) in [4.78, 5) is 0. The van der Waals surface area contributed by atoms with Crippen LogP contribution in [0.15, 0.2) is 46.9 Å². The quantitative estimate of drug-likeness (QED) is 0.673. The SMILES string of the molecule is Cc1cccc(C(NN)c2ccccc2F)c1Br. The largest absolute Gasteiger partial charge is 0.271 e. The van der Waals surface area contributed by atoms with Gasteiger partial charge < -0.3 is 0 Å². The van der Waals surface area contributed by atoms with Crippen molar-refractivity contribution in [1.29, 1.82) is 0 Å². The third-order valence-corrected chi connectivity index (χ3v) is 4.00. The van der Waals surface area contributed by atoms with E-state index in [4.69, 9.17) is 5.84 Å². The molecule has 0 bridgehead atoms. The van der Waals surface area contributed by atoms with Crippen molar-refractivity contribution in [3.05, 3.63) is 69.4 Å². The van der Waals surface area contributed by atoms with Crippen molar-refractivity contribution in [1.82, 2.24) is 5.43 Å². The van der Waals surface area contributed by atoms with Crippen molar-refractivity contribution in [2.75, 3.05) is 0 Å². The molecule has 2 nitrogen and oxygen atoms in total. The van der Waals surface area contributed by atoms with Crippen molar-refractivity contribution in [3.63, 3.8) is 0 Å². The molecule has 1 atom stereocenters. The topological polar surface area (TPSA) is 38.0 Å². The summed E-state index contributed by atoms with van der Waals surface area (Å²) in [6.45, 7) is 1.99. The van der Waals surface area contributed by atoms with Gasteiger partial charge in [-0.1, -0.05) is 52.3 Å². The minimum atomic E-state index is -0.375. The van der Waals surface area contributed by atoms with E-state index in [1.165, 1.54) is 6.07 Å². The molecule has 0 aliphatic rings. The summed E-state index contributed by atoms with van der Waals surface area (Å²) >= 11 is 3.53. The average Bonchev–Trinajstić information content (AvgIpc) is 2.37. The van der Waals surface area contributed by atoms with Crippen LogP contribution in [0.4, 0.5) is 4.39 Å². The highest BCUT2D eigenvalue weighted by Crippen LogP contribution is 2.31. The maximum atomic E-state index is 13.8. The summed E-state index contributed by atoms with van der Waals surface area (Å²) in [5, 5.41) is 0. The number of halogens is 2. The van der Waals surface area contributed by atoms with Crippen LogP contribution in [0.3, 0.4) is 0 Å². The van der Waals surface area contributed by atoms with E-state index >= 15 is 0 Å². The van der Waals surface area contributed by atoms with Gasteiger partial charge in [0.1, 0.15) is 5.82 Å². The van der Waals surface area contributed by atoms with Gasteiger partial charge >= 0.3 is 0 Å². The van der Waals surface area contributed by atoms with Crippen LogP contribution in [0, 0.1) is 12.7 Å². The van der Waals surface area contributed by atoms with Gasteiger partial charge in [0.15, 0.2) is 0 Å². The first-order chi connectivity index (χ1) is 8.65. The molecule has 0 amide bonds. The first-order valence-corrected chi connectivity index (χ1v) is 6.40. The number of nitrogens with two attached hydrogens (primary N) is 1. The summed E-state index contributed by atoms with van der Waals surface area (Å²) in [5.74, 6) is 5.32. The van der Waals surface area contributed by atoms with Crippen molar-refractivity contribution >= 4 is 15.9 Å². The second kappa shape index (κ2) is 5.61. The average molecular weight is 309 g/mol. The molecule has 0 fully saturated rings. The van der Waals surface area contributed by atoms with Gasteiger partial charge in [0.05, 0.1) is 6.04 Å². The van der Waals surface area contributed by atoms with Gasteiger partial charge in [-0.3, -0.25) is 5.84 Å². The third kappa shape index (κ3) is 2.46. The van der Waals surface area contributed by atoms with Crippen molar-refractivity contribution < 1.29 is 4.39 Å². The number of nitrogens with one attached hydrogen (secondary N) is 1. The molecule has 0 saturated carbocycles. The lowest BCUT2D eigenvalue weighted by Gasteiger charge is -2.19. The molecule has 18 heavy (non-hydrogen) atoms. The van der Waals surface area contributed by atoms with E-state index in [2.05, 4.69) is 21.4 Å². The summed E-state index contributed by atoms with van der Waals surface area (Å²) in [6, 6.07) is 12.1. The molecule has 0 aromatic heterocycles. The zero-order chi connectivity index (χ0) is 13.1. The van der Waals surface area contributed by atoms with E-state index in [1.54, 1.807) is 18.2 Å². The van der Waals surface area contributed by atoms with E-state index in [9.17, 15) is 4.39 Å². The lowest BCUT2D eigenvalue weighted by molar-refractivity contribution is 0.559. The number of hydrazine groups is 1. The predicted molar refractivity (Wildman–Crippen MR) is 74.4 cm³/mol.